The highest BCUT2D eigenvalue weighted by Gasteiger charge is 2.21. The Morgan fingerprint density at radius 3 is 2.75 bits per heavy atom. The van der Waals surface area contributed by atoms with Gasteiger partial charge in [-0.3, -0.25) is 9.78 Å². The lowest BCUT2D eigenvalue weighted by molar-refractivity contribution is -0.126. The summed E-state index contributed by atoms with van der Waals surface area (Å²) in [6.45, 7) is 10.8. The molecule has 0 radical (unpaired) electrons. The molecule has 1 fully saturated rings. The van der Waals surface area contributed by atoms with Crippen LogP contribution in [0.3, 0.4) is 0 Å². The number of hydrogen-bond donors (Lipinski definition) is 1. The van der Waals surface area contributed by atoms with Crippen LogP contribution in [0.25, 0.3) is 16.5 Å². The maximum absolute atomic E-state index is 12.7. The van der Waals surface area contributed by atoms with E-state index in [4.69, 9.17) is 21.3 Å². The first-order valence-electron chi connectivity index (χ1n) is 12.6. The van der Waals surface area contributed by atoms with E-state index in [1.165, 1.54) is 6.42 Å². The summed E-state index contributed by atoms with van der Waals surface area (Å²) in [6, 6.07) is 8.04. The fourth-order valence-electron chi connectivity index (χ4n) is 4.98. The number of aryl methyl sites for hydroxylation is 1. The highest BCUT2D eigenvalue weighted by molar-refractivity contribution is 6.31. The van der Waals surface area contributed by atoms with Gasteiger partial charge < -0.3 is 10.1 Å². The predicted molar refractivity (Wildman–Crippen MR) is 147 cm³/mol. The molecule has 1 aliphatic rings. The van der Waals surface area contributed by atoms with Crippen molar-refractivity contribution >= 4 is 34.0 Å². The van der Waals surface area contributed by atoms with E-state index in [-0.39, 0.29) is 18.4 Å². The fraction of sp³-hybridized carbons (Fsp3) is 0.367. The molecule has 5 nitrogen and oxygen atoms in total. The summed E-state index contributed by atoms with van der Waals surface area (Å²) in [5.41, 5.74) is 6.56. The lowest BCUT2D eigenvalue weighted by Gasteiger charge is -2.21. The van der Waals surface area contributed by atoms with Gasteiger partial charge >= 0.3 is 0 Å². The van der Waals surface area contributed by atoms with E-state index < -0.39 is 0 Å². The van der Waals surface area contributed by atoms with E-state index in [1.54, 1.807) is 12.4 Å². The fourth-order valence-corrected chi connectivity index (χ4v) is 5.21. The van der Waals surface area contributed by atoms with Crippen LogP contribution in [0.1, 0.15) is 68.3 Å². The summed E-state index contributed by atoms with van der Waals surface area (Å²) >= 11 is 6.54. The van der Waals surface area contributed by atoms with Crippen LogP contribution in [0.5, 0.6) is 5.75 Å². The van der Waals surface area contributed by atoms with Crippen molar-refractivity contribution in [2.45, 2.75) is 66.0 Å². The minimum absolute atomic E-state index is 0.103. The number of nitrogens with one attached hydrogen (secondary N) is 1. The zero-order chi connectivity index (χ0) is 25.7. The molecule has 188 valence electrons. The van der Waals surface area contributed by atoms with Gasteiger partial charge in [0.15, 0.2) is 0 Å². The number of pyridine rings is 2. The molecule has 36 heavy (non-hydrogen) atoms. The Labute approximate surface area is 218 Å². The van der Waals surface area contributed by atoms with Crippen molar-refractivity contribution in [2.24, 2.45) is 5.92 Å². The second kappa shape index (κ2) is 11.7. The van der Waals surface area contributed by atoms with Crippen molar-refractivity contribution < 1.29 is 9.53 Å². The number of halogens is 1. The van der Waals surface area contributed by atoms with Gasteiger partial charge in [0.1, 0.15) is 17.9 Å². The Kier molecular flexibility index (Phi) is 8.42. The van der Waals surface area contributed by atoms with Gasteiger partial charge in [-0.05, 0) is 62.4 Å². The monoisotopic (exact) mass is 503 g/mol. The largest absolute Gasteiger partial charge is 0.487 e. The molecule has 6 heteroatoms. The summed E-state index contributed by atoms with van der Waals surface area (Å²) in [7, 11) is 0. The number of para-hydroxylation sites is 1. The van der Waals surface area contributed by atoms with E-state index in [0.29, 0.717) is 17.3 Å². The van der Waals surface area contributed by atoms with Gasteiger partial charge in [0.2, 0.25) is 5.91 Å². The number of amides is 1. The second-order valence-electron chi connectivity index (χ2n) is 9.55. The van der Waals surface area contributed by atoms with E-state index in [9.17, 15) is 4.79 Å². The molecule has 1 aromatic carbocycles. The number of allylic oxidation sites excluding steroid dienone is 3. The Bertz CT molecular complexity index is 1310. The molecule has 0 aliphatic heterocycles. The maximum Gasteiger partial charge on any atom is 0.223 e. The van der Waals surface area contributed by atoms with Crippen LogP contribution in [0, 0.1) is 12.8 Å². The van der Waals surface area contributed by atoms with Gasteiger partial charge in [-0.15, -0.1) is 0 Å². The van der Waals surface area contributed by atoms with Crippen molar-refractivity contribution in [3.63, 3.8) is 0 Å². The number of carbonyl (C=O) groups is 1. The molecule has 0 saturated heterocycles. The Balaban J connectivity index is 1.58. The van der Waals surface area contributed by atoms with Gasteiger partial charge in [-0.2, -0.15) is 0 Å². The zero-order valence-corrected chi connectivity index (χ0v) is 22.1. The van der Waals surface area contributed by atoms with Crippen LogP contribution < -0.4 is 10.1 Å². The molecular formula is C30H34ClN3O2. The first-order valence-corrected chi connectivity index (χ1v) is 13.0. The van der Waals surface area contributed by atoms with Crippen LogP contribution in [0.4, 0.5) is 0 Å². The third kappa shape index (κ3) is 5.79. The van der Waals surface area contributed by atoms with Gasteiger partial charge in [-0.25, -0.2) is 4.98 Å². The third-order valence-corrected chi connectivity index (χ3v) is 7.19. The topological polar surface area (TPSA) is 64.1 Å². The number of carbonyl (C=O) groups excluding carboxylic acids is 1. The van der Waals surface area contributed by atoms with Crippen molar-refractivity contribution in [1.29, 1.82) is 0 Å². The predicted octanol–water partition coefficient (Wildman–Crippen LogP) is 7.35. The molecule has 4 rings (SSSR count). The number of fused-ring (bicyclic) bond motifs is 1. The molecule has 1 N–H and O–H groups in total. The van der Waals surface area contributed by atoms with Crippen LogP contribution in [0.15, 0.2) is 54.9 Å². The van der Waals surface area contributed by atoms with Crippen LogP contribution in [0.2, 0.25) is 5.02 Å². The number of rotatable bonds is 8. The summed E-state index contributed by atoms with van der Waals surface area (Å²) in [5.74, 6) is 0.894. The average Bonchev–Trinajstić information content (AvgIpc) is 2.87. The minimum atomic E-state index is 0.103. The lowest BCUT2D eigenvalue weighted by atomic mass is 9.88. The Morgan fingerprint density at radius 2 is 2.03 bits per heavy atom. The molecule has 1 saturated carbocycles. The van der Waals surface area contributed by atoms with Crippen molar-refractivity contribution in [3.05, 3.63) is 82.3 Å². The van der Waals surface area contributed by atoms with Gasteiger partial charge in [0.25, 0.3) is 0 Å². The summed E-state index contributed by atoms with van der Waals surface area (Å²) in [5, 5.41) is 4.61. The van der Waals surface area contributed by atoms with Gasteiger partial charge in [0.05, 0.1) is 5.02 Å². The molecule has 1 amide bonds. The smallest absolute Gasteiger partial charge is 0.223 e. The average molecular weight is 504 g/mol. The second-order valence-corrected chi connectivity index (χ2v) is 9.95. The molecule has 0 bridgehead atoms. The third-order valence-electron chi connectivity index (χ3n) is 6.86. The standard InChI is InChI=1S/C30H34ClN3O2/c1-5-23(19(2)3)25-14-20(4)34-29-24(25)12-9-13-28(29)36-18-26-22(15-32-17-27(26)31)16-33-30(35)21-10-7-6-8-11-21/h5,9,12-15,17,21H,2,6-8,10-11,16,18H2,1,3-4H3,(H,33,35)/b23-5+. The van der Waals surface area contributed by atoms with Gasteiger partial charge in [-0.1, -0.05) is 61.2 Å². The zero-order valence-electron chi connectivity index (χ0n) is 21.4. The number of benzene rings is 1. The normalized spacial score (nSPS) is 14.6. The number of nitrogens with zero attached hydrogens (tertiary/aromatic N) is 2. The van der Waals surface area contributed by atoms with Crippen molar-refractivity contribution in [1.82, 2.24) is 15.3 Å². The van der Waals surface area contributed by atoms with E-state index >= 15 is 0 Å². The Hall–Kier alpha value is -3.18. The van der Waals surface area contributed by atoms with E-state index in [0.717, 1.165) is 70.1 Å². The highest BCUT2D eigenvalue weighted by atomic mass is 35.5. The van der Waals surface area contributed by atoms with E-state index in [2.05, 4.69) is 35.1 Å². The summed E-state index contributed by atoms with van der Waals surface area (Å²) < 4.78 is 6.30. The first-order chi connectivity index (χ1) is 17.4. The lowest BCUT2D eigenvalue weighted by Crippen LogP contribution is -2.31. The number of hydrogen-bond acceptors (Lipinski definition) is 4. The minimum Gasteiger partial charge on any atom is -0.487 e. The molecule has 1 aliphatic carbocycles. The van der Waals surface area contributed by atoms with Crippen LogP contribution in [-0.4, -0.2) is 15.9 Å². The molecule has 2 aromatic heterocycles. The van der Waals surface area contributed by atoms with Crippen molar-refractivity contribution in [3.8, 4) is 5.75 Å². The summed E-state index contributed by atoms with van der Waals surface area (Å²) in [4.78, 5) is 21.7. The molecule has 2 heterocycles. The molecule has 0 spiro atoms. The Morgan fingerprint density at radius 1 is 1.25 bits per heavy atom. The van der Waals surface area contributed by atoms with Crippen molar-refractivity contribution in [2.75, 3.05) is 0 Å². The van der Waals surface area contributed by atoms with Crippen LogP contribution in [-0.2, 0) is 17.9 Å². The molecule has 3 aromatic rings. The summed E-state index contributed by atoms with van der Waals surface area (Å²) in [6.07, 6.45) is 10.8. The maximum atomic E-state index is 12.7. The quantitative estimate of drug-likeness (QED) is 0.326. The molecule has 0 unspecified atom stereocenters. The van der Waals surface area contributed by atoms with Crippen LogP contribution >= 0.6 is 11.6 Å². The van der Waals surface area contributed by atoms with Gasteiger partial charge in [0, 0.05) is 41.5 Å². The SMILES string of the molecule is C=C(C)/C(=C\C)c1cc(C)nc2c(OCc3c(Cl)cncc3CNC(=O)C3CCCCC3)cccc12. The first kappa shape index (κ1) is 25.9. The number of aromatic nitrogens is 2. The van der Waals surface area contributed by atoms with E-state index in [1.807, 2.05) is 32.9 Å². The molecular weight excluding hydrogens is 470 g/mol. The highest BCUT2D eigenvalue weighted by Crippen LogP contribution is 2.34. The molecule has 0 atom stereocenters. The number of ether oxygens (including phenoxy) is 1.